The third-order valence-corrected chi connectivity index (χ3v) is 5.41. The van der Waals surface area contributed by atoms with Crippen LogP contribution in [0.5, 0.6) is 17.2 Å². The molecule has 0 amide bonds. The number of hydrogen-bond acceptors (Lipinski definition) is 3. The Bertz CT molecular complexity index is 995. The maximum absolute atomic E-state index is 13.9. The normalized spacial score (nSPS) is 18.6. The Hall–Kier alpha value is -3.01. The lowest BCUT2D eigenvalue weighted by Gasteiger charge is -2.35. The summed E-state index contributed by atoms with van der Waals surface area (Å²) in [7, 11) is 0. The number of hydrogen-bond donors (Lipinski definition) is 2. The Morgan fingerprint density at radius 1 is 0.926 bits per heavy atom. The van der Waals surface area contributed by atoms with Crippen LogP contribution in [0.2, 0.25) is 0 Å². The number of phenols is 2. The number of fused-ring (bicyclic) bond motifs is 1. The van der Waals surface area contributed by atoms with Crippen molar-refractivity contribution in [2.24, 2.45) is 0 Å². The molecule has 2 N–H and O–H groups in total. The van der Waals surface area contributed by atoms with Crippen LogP contribution in [0.15, 0.2) is 54.6 Å². The predicted octanol–water partition coefficient (Wildman–Crippen LogP) is 5.16. The molecule has 138 valence electrons. The molecule has 1 aliphatic rings. The van der Waals surface area contributed by atoms with Crippen LogP contribution >= 0.6 is 0 Å². The molecule has 0 saturated heterocycles. The highest BCUT2D eigenvalue weighted by Crippen LogP contribution is 2.48. The second kappa shape index (κ2) is 6.62. The van der Waals surface area contributed by atoms with Crippen LogP contribution < -0.4 is 4.74 Å². The molecule has 0 fully saturated rings. The van der Waals surface area contributed by atoms with E-state index >= 15 is 0 Å². The van der Waals surface area contributed by atoms with Crippen molar-refractivity contribution >= 4 is 0 Å². The van der Waals surface area contributed by atoms with Gasteiger partial charge in [-0.2, -0.15) is 0 Å². The van der Waals surface area contributed by atoms with Crippen LogP contribution in [-0.2, 0) is 0 Å². The molecule has 0 saturated carbocycles. The fourth-order valence-corrected chi connectivity index (χ4v) is 3.91. The van der Waals surface area contributed by atoms with Gasteiger partial charge in [0.2, 0.25) is 0 Å². The Morgan fingerprint density at radius 3 is 2.33 bits per heavy atom. The molecule has 0 aliphatic carbocycles. The number of ether oxygens (including phenoxy) is 1. The highest BCUT2D eigenvalue weighted by atomic mass is 19.1. The summed E-state index contributed by atoms with van der Waals surface area (Å²) < 4.78 is 19.9. The summed E-state index contributed by atoms with van der Waals surface area (Å²) in [5.41, 5.74) is 4.32. The smallest absolute Gasteiger partial charge is 0.129 e. The van der Waals surface area contributed by atoms with Gasteiger partial charge < -0.3 is 14.9 Å². The lowest BCUT2D eigenvalue weighted by atomic mass is 9.75. The predicted molar refractivity (Wildman–Crippen MR) is 102 cm³/mol. The molecule has 0 spiro atoms. The molecule has 0 radical (unpaired) electrons. The average Bonchev–Trinajstić information content (AvgIpc) is 2.67. The summed E-state index contributed by atoms with van der Waals surface area (Å²) in [5.74, 6) is 0.839. The molecule has 0 aromatic heterocycles. The van der Waals surface area contributed by atoms with Gasteiger partial charge in [0.25, 0.3) is 0 Å². The van der Waals surface area contributed by atoms with Crippen LogP contribution in [0.3, 0.4) is 0 Å². The summed E-state index contributed by atoms with van der Waals surface area (Å²) in [5, 5.41) is 19.7. The van der Waals surface area contributed by atoms with Crippen molar-refractivity contribution in [2.75, 3.05) is 6.61 Å². The molecule has 1 aliphatic heterocycles. The molecule has 3 aromatic carbocycles. The first-order valence-electron chi connectivity index (χ1n) is 8.96. The quantitative estimate of drug-likeness (QED) is 0.660. The molecule has 0 bridgehead atoms. The monoisotopic (exact) mass is 364 g/mol. The molecular weight excluding hydrogens is 343 g/mol. The maximum atomic E-state index is 13.9. The SMILES string of the molecule is Cc1cc([C@H]2c3ccc(O)c(C)c3OC[C@H]2c2ccc(O)cc2)ccc1F. The Kier molecular flexibility index (Phi) is 4.27. The van der Waals surface area contributed by atoms with Crippen LogP contribution in [0.4, 0.5) is 4.39 Å². The summed E-state index contributed by atoms with van der Waals surface area (Å²) in [6, 6.07) is 15.9. The fraction of sp³-hybridized carbons (Fsp3) is 0.217. The van der Waals surface area contributed by atoms with Gasteiger partial charge in [-0.1, -0.05) is 30.3 Å². The number of halogens is 1. The van der Waals surface area contributed by atoms with Crippen molar-refractivity contribution < 1.29 is 19.3 Å². The van der Waals surface area contributed by atoms with Crippen LogP contribution in [-0.4, -0.2) is 16.8 Å². The van der Waals surface area contributed by atoms with Crippen LogP contribution in [0, 0.1) is 19.7 Å². The average molecular weight is 364 g/mol. The summed E-state index contributed by atoms with van der Waals surface area (Å²) in [4.78, 5) is 0. The molecule has 3 nitrogen and oxygen atoms in total. The third-order valence-electron chi connectivity index (χ3n) is 5.41. The largest absolute Gasteiger partial charge is 0.508 e. The van der Waals surface area contributed by atoms with Crippen LogP contribution in [0.1, 0.15) is 39.7 Å². The Balaban J connectivity index is 1.90. The number of benzene rings is 3. The second-order valence-electron chi connectivity index (χ2n) is 7.12. The van der Waals surface area contributed by atoms with Crippen molar-refractivity contribution in [1.29, 1.82) is 0 Å². The first kappa shape index (κ1) is 17.4. The molecule has 2 atom stereocenters. The number of aromatic hydroxyl groups is 2. The van der Waals surface area contributed by atoms with Gasteiger partial charge in [-0.15, -0.1) is 0 Å². The van der Waals surface area contributed by atoms with E-state index in [-0.39, 0.29) is 29.2 Å². The van der Waals surface area contributed by atoms with Crippen molar-refractivity contribution in [2.45, 2.75) is 25.7 Å². The molecule has 4 rings (SSSR count). The number of phenolic OH excluding ortho intramolecular Hbond substituents is 2. The van der Waals surface area contributed by atoms with Gasteiger partial charge >= 0.3 is 0 Å². The van der Waals surface area contributed by atoms with Gasteiger partial charge in [-0.25, -0.2) is 4.39 Å². The lowest BCUT2D eigenvalue weighted by molar-refractivity contribution is 0.245. The Morgan fingerprint density at radius 2 is 1.63 bits per heavy atom. The third kappa shape index (κ3) is 3.01. The standard InChI is InChI=1S/C23H21FO3/c1-13-11-16(5-9-20(13)24)22-18-8-10-21(26)14(2)23(18)27-12-19(22)15-3-6-17(25)7-4-15/h3-11,19,22,25-26H,12H2,1-2H3/t19-,22-/m0/s1. The second-order valence-corrected chi connectivity index (χ2v) is 7.12. The van der Waals surface area contributed by atoms with Crippen molar-refractivity contribution in [3.8, 4) is 17.2 Å². The molecule has 1 heterocycles. The lowest BCUT2D eigenvalue weighted by Crippen LogP contribution is -2.26. The first-order chi connectivity index (χ1) is 13.0. The van der Waals surface area contributed by atoms with Gasteiger partial charge in [0, 0.05) is 23.0 Å². The minimum absolute atomic E-state index is 0.00639. The van der Waals surface area contributed by atoms with E-state index in [1.807, 2.05) is 37.3 Å². The topological polar surface area (TPSA) is 49.7 Å². The molecule has 0 unspecified atom stereocenters. The minimum atomic E-state index is -0.228. The fourth-order valence-electron chi connectivity index (χ4n) is 3.91. The van der Waals surface area contributed by atoms with Crippen molar-refractivity contribution in [3.63, 3.8) is 0 Å². The minimum Gasteiger partial charge on any atom is -0.508 e. The van der Waals surface area contributed by atoms with E-state index in [9.17, 15) is 14.6 Å². The van der Waals surface area contributed by atoms with Crippen LogP contribution in [0.25, 0.3) is 0 Å². The molecule has 3 aromatic rings. The van der Waals surface area contributed by atoms with E-state index in [4.69, 9.17) is 4.74 Å². The zero-order chi connectivity index (χ0) is 19.1. The molecular formula is C23H21FO3. The van der Waals surface area contributed by atoms with Gasteiger partial charge in [-0.05, 0) is 54.8 Å². The van der Waals surface area contributed by atoms with Crippen molar-refractivity contribution in [3.05, 3.63) is 88.2 Å². The van der Waals surface area contributed by atoms with E-state index in [2.05, 4.69) is 0 Å². The summed E-state index contributed by atoms with van der Waals surface area (Å²) in [6.07, 6.45) is 0. The molecule has 4 heteroatoms. The Labute approximate surface area is 157 Å². The van der Waals surface area contributed by atoms with E-state index in [1.54, 1.807) is 25.1 Å². The van der Waals surface area contributed by atoms with E-state index in [0.29, 0.717) is 23.5 Å². The number of rotatable bonds is 2. The van der Waals surface area contributed by atoms with Gasteiger partial charge in [0.15, 0.2) is 0 Å². The van der Waals surface area contributed by atoms with Crippen molar-refractivity contribution in [1.82, 2.24) is 0 Å². The number of aryl methyl sites for hydroxylation is 1. The van der Waals surface area contributed by atoms with Gasteiger partial charge in [0.05, 0.1) is 6.61 Å². The first-order valence-corrected chi connectivity index (χ1v) is 8.96. The maximum Gasteiger partial charge on any atom is 0.129 e. The highest BCUT2D eigenvalue weighted by molar-refractivity contribution is 5.55. The van der Waals surface area contributed by atoms with E-state index in [0.717, 1.165) is 16.7 Å². The zero-order valence-corrected chi connectivity index (χ0v) is 15.2. The van der Waals surface area contributed by atoms with E-state index in [1.165, 1.54) is 6.07 Å². The van der Waals surface area contributed by atoms with Gasteiger partial charge in [0.1, 0.15) is 23.1 Å². The summed E-state index contributed by atoms with van der Waals surface area (Å²) in [6.45, 7) is 4.03. The van der Waals surface area contributed by atoms with E-state index < -0.39 is 0 Å². The van der Waals surface area contributed by atoms with Gasteiger partial charge in [-0.3, -0.25) is 0 Å². The zero-order valence-electron chi connectivity index (χ0n) is 15.2. The highest BCUT2D eigenvalue weighted by Gasteiger charge is 2.35. The summed E-state index contributed by atoms with van der Waals surface area (Å²) >= 11 is 0. The molecule has 27 heavy (non-hydrogen) atoms.